The molecule has 21 heavy (non-hydrogen) atoms. The van der Waals surface area contributed by atoms with Crippen LogP contribution in [0, 0.1) is 5.41 Å². The molecule has 2 N–H and O–H groups in total. The van der Waals surface area contributed by atoms with Crippen LogP contribution in [0.3, 0.4) is 0 Å². The fourth-order valence-electron chi connectivity index (χ4n) is 3.85. The summed E-state index contributed by atoms with van der Waals surface area (Å²) in [6.07, 6.45) is 4.54. The van der Waals surface area contributed by atoms with Crippen LogP contribution in [0.2, 0.25) is 5.28 Å². The molecule has 0 amide bonds. The molecule has 1 saturated heterocycles. The molecule has 2 fully saturated rings. The zero-order valence-electron chi connectivity index (χ0n) is 12.1. The molecule has 3 heterocycles. The van der Waals surface area contributed by atoms with E-state index in [1.165, 1.54) is 11.3 Å². The Morgan fingerprint density at radius 1 is 1.48 bits per heavy atom. The van der Waals surface area contributed by atoms with Crippen molar-refractivity contribution in [1.29, 1.82) is 0 Å². The lowest BCUT2D eigenvalue weighted by Gasteiger charge is -2.43. The molecule has 0 atom stereocenters. The highest BCUT2D eigenvalue weighted by molar-refractivity contribution is 7.18. The third-order valence-electron chi connectivity index (χ3n) is 4.87. The number of aromatic nitrogens is 2. The second-order valence-corrected chi connectivity index (χ2v) is 7.89. The standard InChI is InChI=1S/C15H19ClN4S/c1-2-10-5-11-12(18-14(16)19-13(11)21-10)20-4-3-15(8-20)6-9(17)7-15/h5,9H,2-4,6-8,17H2,1H3. The average Bonchev–Trinajstić information content (AvgIpc) is 3.01. The van der Waals surface area contributed by atoms with E-state index in [1.54, 1.807) is 11.3 Å². The maximum atomic E-state index is 6.13. The van der Waals surface area contributed by atoms with E-state index < -0.39 is 0 Å². The molecule has 1 saturated carbocycles. The Bertz CT molecular complexity index is 692. The Morgan fingerprint density at radius 2 is 2.29 bits per heavy atom. The summed E-state index contributed by atoms with van der Waals surface area (Å²) in [6, 6.07) is 2.62. The Labute approximate surface area is 133 Å². The topological polar surface area (TPSA) is 55.0 Å². The molecule has 2 aromatic rings. The molecule has 1 spiro atoms. The van der Waals surface area contributed by atoms with Gasteiger partial charge in [-0.1, -0.05) is 6.92 Å². The van der Waals surface area contributed by atoms with Crippen molar-refractivity contribution in [2.24, 2.45) is 11.1 Å². The number of nitrogens with two attached hydrogens (primary N) is 1. The number of halogens is 1. The molecule has 0 bridgehead atoms. The fraction of sp³-hybridized carbons (Fsp3) is 0.600. The Balaban J connectivity index is 1.71. The van der Waals surface area contributed by atoms with E-state index in [0.717, 1.165) is 48.4 Å². The third-order valence-corrected chi connectivity index (χ3v) is 6.22. The summed E-state index contributed by atoms with van der Waals surface area (Å²) in [4.78, 5) is 13.6. The summed E-state index contributed by atoms with van der Waals surface area (Å²) >= 11 is 7.86. The van der Waals surface area contributed by atoms with Crippen LogP contribution in [-0.2, 0) is 6.42 Å². The largest absolute Gasteiger partial charge is 0.355 e. The first-order valence-corrected chi connectivity index (χ1v) is 8.74. The SMILES string of the molecule is CCc1cc2c(N3CCC4(CC(N)C4)C3)nc(Cl)nc2s1. The van der Waals surface area contributed by atoms with Gasteiger partial charge in [0.2, 0.25) is 5.28 Å². The van der Waals surface area contributed by atoms with Crippen molar-refractivity contribution >= 4 is 39.0 Å². The van der Waals surface area contributed by atoms with Crippen molar-refractivity contribution in [3.63, 3.8) is 0 Å². The van der Waals surface area contributed by atoms with Crippen molar-refractivity contribution < 1.29 is 0 Å². The minimum Gasteiger partial charge on any atom is -0.355 e. The average molecular weight is 323 g/mol. The van der Waals surface area contributed by atoms with Gasteiger partial charge in [-0.25, -0.2) is 4.98 Å². The highest BCUT2D eigenvalue weighted by Gasteiger charge is 2.47. The van der Waals surface area contributed by atoms with Gasteiger partial charge in [-0.3, -0.25) is 0 Å². The maximum Gasteiger partial charge on any atom is 0.225 e. The van der Waals surface area contributed by atoms with Crippen LogP contribution in [0.1, 0.15) is 31.1 Å². The predicted molar refractivity (Wildman–Crippen MR) is 88.3 cm³/mol. The third kappa shape index (κ3) is 2.22. The van der Waals surface area contributed by atoms with E-state index in [-0.39, 0.29) is 0 Å². The van der Waals surface area contributed by atoms with Gasteiger partial charge in [-0.2, -0.15) is 4.98 Å². The summed E-state index contributed by atoms with van der Waals surface area (Å²) in [5, 5.41) is 1.51. The number of nitrogens with zero attached hydrogens (tertiary/aromatic N) is 3. The van der Waals surface area contributed by atoms with Gasteiger partial charge < -0.3 is 10.6 Å². The molecule has 4 rings (SSSR count). The molecule has 2 aromatic heterocycles. The molecule has 6 heteroatoms. The van der Waals surface area contributed by atoms with E-state index >= 15 is 0 Å². The normalized spacial score (nSPS) is 28.5. The van der Waals surface area contributed by atoms with Gasteiger partial charge >= 0.3 is 0 Å². The number of hydrogen-bond acceptors (Lipinski definition) is 5. The number of anilines is 1. The number of aryl methyl sites for hydroxylation is 1. The fourth-order valence-corrected chi connectivity index (χ4v) is 5.02. The van der Waals surface area contributed by atoms with Crippen LogP contribution in [0.25, 0.3) is 10.2 Å². The Kier molecular flexibility index (Phi) is 3.14. The van der Waals surface area contributed by atoms with Crippen molar-refractivity contribution in [1.82, 2.24) is 9.97 Å². The summed E-state index contributed by atoms with van der Waals surface area (Å²) in [5.74, 6) is 1.01. The van der Waals surface area contributed by atoms with Crippen LogP contribution < -0.4 is 10.6 Å². The van der Waals surface area contributed by atoms with E-state index in [4.69, 9.17) is 17.3 Å². The first kappa shape index (κ1) is 13.7. The lowest BCUT2D eigenvalue weighted by molar-refractivity contribution is 0.132. The van der Waals surface area contributed by atoms with Crippen LogP contribution in [0.5, 0.6) is 0 Å². The first-order valence-electron chi connectivity index (χ1n) is 7.55. The summed E-state index contributed by atoms with van der Waals surface area (Å²) < 4.78 is 0. The van der Waals surface area contributed by atoms with Crippen LogP contribution >= 0.6 is 22.9 Å². The number of fused-ring (bicyclic) bond motifs is 1. The molecule has 2 aliphatic rings. The van der Waals surface area contributed by atoms with E-state index in [9.17, 15) is 0 Å². The zero-order valence-corrected chi connectivity index (χ0v) is 13.7. The maximum absolute atomic E-state index is 6.13. The van der Waals surface area contributed by atoms with Gasteiger partial charge in [0.05, 0.1) is 5.39 Å². The van der Waals surface area contributed by atoms with Crippen molar-refractivity contribution in [2.75, 3.05) is 18.0 Å². The minimum absolute atomic E-state index is 0.355. The van der Waals surface area contributed by atoms with E-state index in [2.05, 4.69) is 27.9 Å². The predicted octanol–water partition coefficient (Wildman–Crippen LogP) is 3.22. The minimum atomic E-state index is 0.355. The van der Waals surface area contributed by atoms with Crippen LogP contribution in [-0.4, -0.2) is 29.1 Å². The van der Waals surface area contributed by atoms with Gasteiger partial charge in [-0.15, -0.1) is 11.3 Å². The summed E-state index contributed by atoms with van der Waals surface area (Å²) in [7, 11) is 0. The van der Waals surface area contributed by atoms with Gasteiger partial charge in [-0.05, 0) is 48.8 Å². The molecule has 0 unspecified atom stereocenters. The van der Waals surface area contributed by atoms with Crippen LogP contribution in [0.4, 0.5) is 5.82 Å². The van der Waals surface area contributed by atoms with Crippen LogP contribution in [0.15, 0.2) is 6.07 Å². The molecule has 0 radical (unpaired) electrons. The monoisotopic (exact) mass is 322 g/mol. The molecule has 1 aliphatic heterocycles. The summed E-state index contributed by atoms with van der Waals surface area (Å²) in [5.41, 5.74) is 6.41. The van der Waals surface area contributed by atoms with Gasteiger partial charge in [0.15, 0.2) is 0 Å². The van der Waals surface area contributed by atoms with Gasteiger partial charge in [0.25, 0.3) is 0 Å². The second-order valence-electron chi connectivity index (χ2n) is 6.44. The lowest BCUT2D eigenvalue weighted by Crippen LogP contribution is -2.47. The highest BCUT2D eigenvalue weighted by Crippen LogP contribution is 2.49. The van der Waals surface area contributed by atoms with Crippen molar-refractivity contribution in [3.8, 4) is 0 Å². The number of thiophene rings is 1. The molecule has 4 nitrogen and oxygen atoms in total. The zero-order chi connectivity index (χ0) is 14.6. The molecular weight excluding hydrogens is 304 g/mol. The van der Waals surface area contributed by atoms with E-state index in [1.807, 2.05) is 0 Å². The number of rotatable bonds is 2. The number of hydrogen-bond donors (Lipinski definition) is 1. The lowest BCUT2D eigenvalue weighted by atomic mass is 9.65. The molecule has 0 aromatic carbocycles. The Hall–Kier alpha value is -0.910. The molecule has 1 aliphatic carbocycles. The van der Waals surface area contributed by atoms with Gasteiger partial charge in [0.1, 0.15) is 10.6 Å². The first-order chi connectivity index (χ1) is 10.1. The molecular formula is C15H19ClN4S. The van der Waals surface area contributed by atoms with E-state index in [0.29, 0.717) is 16.7 Å². The highest BCUT2D eigenvalue weighted by atomic mass is 35.5. The van der Waals surface area contributed by atoms with Gasteiger partial charge in [0, 0.05) is 24.0 Å². The quantitative estimate of drug-likeness (QED) is 0.862. The van der Waals surface area contributed by atoms with Crippen molar-refractivity contribution in [2.45, 2.75) is 38.6 Å². The summed E-state index contributed by atoms with van der Waals surface area (Å²) in [6.45, 7) is 4.27. The van der Waals surface area contributed by atoms with Crippen molar-refractivity contribution in [3.05, 3.63) is 16.2 Å². The second kappa shape index (κ2) is 4.80. The molecule has 112 valence electrons. The Morgan fingerprint density at radius 3 is 3.00 bits per heavy atom. The smallest absolute Gasteiger partial charge is 0.225 e.